The first-order valence-corrected chi connectivity index (χ1v) is 12.1. The number of fused-ring (bicyclic) bond motifs is 3. The fraction of sp³-hybridized carbons (Fsp3) is 0.154. The number of benzene rings is 2. The fourth-order valence-corrected chi connectivity index (χ4v) is 6.42. The lowest BCUT2D eigenvalue weighted by atomic mass is 10.1. The standard InChI is InChI=1S/C26H22N2OS2/c1-17-15-18(2)25-27-21-22(28(25)16-17)26(30-14-13-19-9-5-3-6-10-19)31-24(21)23(29)20-11-7-4-8-12-20/h3-12,15-16H,13-14H2,1-2H3. The van der Waals surface area contributed by atoms with Gasteiger partial charge < -0.3 is 0 Å². The summed E-state index contributed by atoms with van der Waals surface area (Å²) in [5.41, 5.74) is 7.14. The summed E-state index contributed by atoms with van der Waals surface area (Å²) in [5.74, 6) is 1.000. The summed E-state index contributed by atoms with van der Waals surface area (Å²) in [4.78, 5) is 19.0. The van der Waals surface area contributed by atoms with Crippen LogP contribution in [-0.4, -0.2) is 20.9 Å². The molecule has 0 radical (unpaired) electrons. The summed E-state index contributed by atoms with van der Waals surface area (Å²) in [5, 5.41) is 0. The molecule has 0 saturated heterocycles. The number of aromatic nitrogens is 2. The molecule has 3 nitrogen and oxygen atoms in total. The molecule has 3 heterocycles. The second kappa shape index (κ2) is 8.33. The van der Waals surface area contributed by atoms with Gasteiger partial charge in [-0.3, -0.25) is 9.20 Å². The molecule has 0 bridgehead atoms. The number of aryl methyl sites for hydroxylation is 3. The van der Waals surface area contributed by atoms with Crippen molar-refractivity contribution in [3.05, 3.63) is 100 Å². The highest BCUT2D eigenvalue weighted by atomic mass is 32.2. The third kappa shape index (κ3) is 3.80. The Balaban J connectivity index is 1.60. The number of hydrogen-bond donors (Lipinski definition) is 0. The molecule has 0 unspecified atom stereocenters. The second-order valence-electron chi connectivity index (χ2n) is 7.70. The lowest BCUT2D eigenvalue weighted by Gasteiger charge is -2.04. The minimum absolute atomic E-state index is 0.0447. The van der Waals surface area contributed by atoms with Crippen molar-refractivity contribution in [3.63, 3.8) is 0 Å². The highest BCUT2D eigenvalue weighted by Gasteiger charge is 2.24. The summed E-state index contributed by atoms with van der Waals surface area (Å²) in [7, 11) is 0. The van der Waals surface area contributed by atoms with Crippen molar-refractivity contribution in [2.75, 3.05) is 5.75 Å². The van der Waals surface area contributed by atoms with Gasteiger partial charge >= 0.3 is 0 Å². The smallest absolute Gasteiger partial charge is 0.205 e. The van der Waals surface area contributed by atoms with E-state index in [9.17, 15) is 4.79 Å². The zero-order chi connectivity index (χ0) is 21.4. The maximum Gasteiger partial charge on any atom is 0.205 e. The lowest BCUT2D eigenvalue weighted by Crippen LogP contribution is -1.98. The van der Waals surface area contributed by atoms with Gasteiger partial charge in [0.2, 0.25) is 5.78 Å². The van der Waals surface area contributed by atoms with Gasteiger partial charge in [0, 0.05) is 17.5 Å². The molecule has 31 heavy (non-hydrogen) atoms. The van der Waals surface area contributed by atoms with Crippen molar-refractivity contribution in [2.24, 2.45) is 0 Å². The molecule has 2 aromatic carbocycles. The largest absolute Gasteiger partial charge is 0.297 e. The molecular formula is C26H22N2OS2. The van der Waals surface area contributed by atoms with Gasteiger partial charge in [0.15, 0.2) is 0 Å². The van der Waals surface area contributed by atoms with Crippen LogP contribution in [0.3, 0.4) is 0 Å². The SMILES string of the molecule is Cc1cc(C)c2nc3c(C(=O)c4ccccc4)sc(SCCc4ccccc4)c3n2c1. The number of thioether (sulfide) groups is 1. The Bertz CT molecular complexity index is 1390. The summed E-state index contributed by atoms with van der Waals surface area (Å²) in [6.07, 6.45) is 3.12. The van der Waals surface area contributed by atoms with Gasteiger partial charge in [0.25, 0.3) is 0 Å². The van der Waals surface area contributed by atoms with Crippen LogP contribution in [0.25, 0.3) is 16.7 Å². The van der Waals surface area contributed by atoms with Crippen LogP contribution < -0.4 is 0 Å². The zero-order valence-corrected chi connectivity index (χ0v) is 19.1. The van der Waals surface area contributed by atoms with Crippen LogP contribution in [0.2, 0.25) is 0 Å². The van der Waals surface area contributed by atoms with Crippen LogP contribution in [0, 0.1) is 13.8 Å². The van der Waals surface area contributed by atoms with Crippen molar-refractivity contribution in [1.29, 1.82) is 0 Å². The van der Waals surface area contributed by atoms with Crippen molar-refractivity contribution >= 4 is 45.6 Å². The predicted octanol–water partition coefficient (Wildman–Crippen LogP) is 6.73. The molecule has 5 aromatic rings. The molecule has 0 spiro atoms. The number of rotatable bonds is 6. The van der Waals surface area contributed by atoms with E-state index in [1.807, 2.05) is 48.2 Å². The topological polar surface area (TPSA) is 34.4 Å². The van der Waals surface area contributed by atoms with Crippen molar-refractivity contribution < 1.29 is 4.79 Å². The van der Waals surface area contributed by atoms with Crippen LogP contribution in [0.4, 0.5) is 0 Å². The minimum atomic E-state index is 0.0447. The van der Waals surface area contributed by atoms with Gasteiger partial charge in [0.05, 0.1) is 9.73 Å². The van der Waals surface area contributed by atoms with E-state index < -0.39 is 0 Å². The van der Waals surface area contributed by atoms with Crippen LogP contribution in [0.1, 0.15) is 31.9 Å². The molecular weight excluding hydrogens is 420 g/mol. The van der Waals surface area contributed by atoms with Gasteiger partial charge in [-0.2, -0.15) is 0 Å². The van der Waals surface area contributed by atoms with Crippen LogP contribution in [-0.2, 0) is 6.42 Å². The highest BCUT2D eigenvalue weighted by Crippen LogP contribution is 2.40. The fourth-order valence-electron chi connectivity index (χ4n) is 3.90. The number of carbonyl (C=O) groups is 1. The van der Waals surface area contributed by atoms with Gasteiger partial charge in [-0.05, 0) is 37.0 Å². The Hall–Kier alpha value is -2.89. The van der Waals surface area contributed by atoms with E-state index in [2.05, 4.69) is 54.8 Å². The molecule has 0 atom stereocenters. The number of hydrogen-bond acceptors (Lipinski definition) is 4. The van der Waals surface area contributed by atoms with Gasteiger partial charge in [-0.25, -0.2) is 4.98 Å². The number of carbonyl (C=O) groups excluding carboxylic acids is 1. The van der Waals surface area contributed by atoms with E-state index in [0.29, 0.717) is 5.56 Å². The van der Waals surface area contributed by atoms with E-state index in [1.165, 1.54) is 11.1 Å². The summed E-state index contributed by atoms with van der Waals surface area (Å²) >= 11 is 3.39. The van der Waals surface area contributed by atoms with Crippen molar-refractivity contribution in [2.45, 2.75) is 24.5 Å². The molecule has 5 rings (SSSR count). The normalized spacial score (nSPS) is 11.4. The average Bonchev–Trinajstić information content (AvgIpc) is 3.33. The molecule has 0 aliphatic rings. The third-order valence-electron chi connectivity index (χ3n) is 5.35. The first-order valence-electron chi connectivity index (χ1n) is 10.3. The lowest BCUT2D eigenvalue weighted by molar-refractivity contribution is 0.104. The molecule has 3 aromatic heterocycles. The molecule has 0 aliphatic carbocycles. The Morgan fingerprint density at radius 2 is 1.74 bits per heavy atom. The van der Waals surface area contributed by atoms with E-state index in [-0.39, 0.29) is 5.78 Å². The Morgan fingerprint density at radius 3 is 2.48 bits per heavy atom. The van der Waals surface area contributed by atoms with Gasteiger partial charge in [-0.15, -0.1) is 23.1 Å². The summed E-state index contributed by atoms with van der Waals surface area (Å²) in [6, 6.07) is 22.2. The minimum Gasteiger partial charge on any atom is -0.297 e. The number of imidazole rings is 1. The summed E-state index contributed by atoms with van der Waals surface area (Å²) < 4.78 is 3.33. The number of thiophene rings is 1. The highest BCUT2D eigenvalue weighted by molar-refractivity contribution is 8.01. The molecule has 0 saturated carbocycles. The maximum atomic E-state index is 13.3. The average molecular weight is 443 g/mol. The molecule has 0 aliphatic heterocycles. The van der Waals surface area contributed by atoms with Gasteiger partial charge in [-0.1, -0.05) is 66.7 Å². The molecule has 154 valence electrons. The summed E-state index contributed by atoms with van der Waals surface area (Å²) in [6.45, 7) is 4.18. The molecule has 5 heteroatoms. The quantitative estimate of drug-likeness (QED) is 0.216. The molecule has 0 N–H and O–H groups in total. The Kier molecular flexibility index (Phi) is 5.38. The number of pyridine rings is 1. The van der Waals surface area contributed by atoms with Crippen LogP contribution in [0.15, 0.2) is 77.1 Å². The monoisotopic (exact) mass is 442 g/mol. The third-order valence-corrected chi connectivity index (χ3v) is 7.78. The van der Waals surface area contributed by atoms with E-state index in [1.54, 1.807) is 11.3 Å². The van der Waals surface area contributed by atoms with Crippen LogP contribution in [0.5, 0.6) is 0 Å². The second-order valence-corrected chi connectivity index (χ2v) is 10.1. The molecule has 0 fully saturated rings. The predicted molar refractivity (Wildman–Crippen MR) is 131 cm³/mol. The molecule has 0 amide bonds. The maximum absolute atomic E-state index is 13.3. The number of ketones is 1. The Labute approximate surface area is 189 Å². The van der Waals surface area contributed by atoms with Crippen molar-refractivity contribution in [1.82, 2.24) is 9.38 Å². The van der Waals surface area contributed by atoms with Crippen molar-refractivity contribution in [3.8, 4) is 0 Å². The van der Waals surface area contributed by atoms with E-state index >= 15 is 0 Å². The number of nitrogens with zero attached hydrogens (tertiary/aromatic N) is 2. The van der Waals surface area contributed by atoms with Crippen LogP contribution >= 0.6 is 23.1 Å². The van der Waals surface area contributed by atoms with E-state index in [4.69, 9.17) is 4.98 Å². The first-order chi connectivity index (χ1) is 15.1. The van der Waals surface area contributed by atoms with E-state index in [0.717, 1.165) is 43.5 Å². The van der Waals surface area contributed by atoms with Gasteiger partial charge in [0.1, 0.15) is 16.0 Å². The zero-order valence-electron chi connectivity index (χ0n) is 17.5. The first kappa shape index (κ1) is 20.0. The Morgan fingerprint density at radius 1 is 1.03 bits per heavy atom.